The van der Waals surface area contributed by atoms with Crippen LogP contribution in [0.2, 0.25) is 0 Å². The van der Waals surface area contributed by atoms with E-state index in [0.717, 1.165) is 6.07 Å². The molecule has 1 heterocycles. The van der Waals surface area contributed by atoms with Crippen LogP contribution in [0, 0.1) is 11.3 Å². The Morgan fingerprint density at radius 3 is 2.72 bits per heavy atom. The van der Waals surface area contributed by atoms with Crippen LogP contribution in [0.5, 0.6) is 0 Å². The average Bonchev–Trinajstić information content (AvgIpc) is 2.58. The first-order valence-electron chi connectivity index (χ1n) is 7.21. The number of rotatable bonds is 5. The molecule has 130 valence electrons. The molecule has 2 amide bonds. The lowest BCUT2D eigenvalue weighted by Crippen LogP contribution is -2.33. The van der Waals surface area contributed by atoms with E-state index in [1.54, 1.807) is 18.2 Å². The van der Waals surface area contributed by atoms with Crippen LogP contribution >= 0.6 is 0 Å². The number of halogens is 3. The Bertz CT molecular complexity index is 786. The van der Waals surface area contributed by atoms with Crippen molar-refractivity contribution in [1.82, 2.24) is 10.3 Å². The summed E-state index contributed by atoms with van der Waals surface area (Å²) in [5, 5.41) is 16.3. The molecule has 9 heteroatoms. The second kappa shape index (κ2) is 8.01. The quantitative estimate of drug-likeness (QED) is 0.723. The lowest BCUT2D eigenvalue weighted by molar-refractivity contribution is -0.137. The molecule has 25 heavy (non-hydrogen) atoms. The normalized spacial score (nSPS) is 10.6. The molecule has 0 spiro atoms. The van der Waals surface area contributed by atoms with Gasteiger partial charge in [0.1, 0.15) is 5.82 Å². The molecule has 0 saturated heterocycles. The minimum Gasteiger partial charge on any atom is -0.368 e. The van der Waals surface area contributed by atoms with Gasteiger partial charge in [-0.15, -0.1) is 0 Å². The first kappa shape index (κ1) is 18.1. The Balaban J connectivity index is 1.82. The molecule has 0 aliphatic heterocycles. The summed E-state index contributed by atoms with van der Waals surface area (Å²) < 4.78 is 38.4. The second-order valence-corrected chi connectivity index (χ2v) is 4.90. The highest BCUT2D eigenvalue weighted by Gasteiger charge is 2.33. The van der Waals surface area contributed by atoms with E-state index in [4.69, 9.17) is 5.26 Å². The van der Waals surface area contributed by atoms with Crippen LogP contribution < -0.4 is 16.0 Å². The monoisotopic (exact) mass is 349 g/mol. The topological polar surface area (TPSA) is 89.8 Å². The Morgan fingerprint density at radius 1 is 1.20 bits per heavy atom. The summed E-state index contributed by atoms with van der Waals surface area (Å²) in [5.41, 5.74) is -0.0318. The smallest absolute Gasteiger partial charge is 0.368 e. The summed E-state index contributed by atoms with van der Waals surface area (Å²) >= 11 is 0. The fraction of sp³-hybridized carbons (Fsp3) is 0.188. The molecule has 2 aromatic rings. The molecular weight excluding hydrogens is 335 g/mol. The third-order valence-corrected chi connectivity index (χ3v) is 3.07. The maximum absolute atomic E-state index is 12.8. The third-order valence-electron chi connectivity index (χ3n) is 3.07. The summed E-state index contributed by atoms with van der Waals surface area (Å²) in [7, 11) is 0. The fourth-order valence-corrected chi connectivity index (χ4v) is 1.97. The Labute approximate surface area is 141 Å². The van der Waals surface area contributed by atoms with Crippen LogP contribution in [-0.2, 0) is 6.18 Å². The number of nitriles is 1. The molecule has 0 fully saturated rings. The molecule has 0 bridgehead atoms. The number of carbonyl (C=O) groups excluding carboxylic acids is 1. The van der Waals surface area contributed by atoms with Crippen LogP contribution in [0.3, 0.4) is 0 Å². The predicted molar refractivity (Wildman–Crippen MR) is 85.9 cm³/mol. The number of pyridine rings is 1. The van der Waals surface area contributed by atoms with Gasteiger partial charge in [0.05, 0.1) is 17.2 Å². The van der Waals surface area contributed by atoms with Gasteiger partial charge in [-0.05, 0) is 30.3 Å². The van der Waals surface area contributed by atoms with E-state index in [2.05, 4.69) is 20.9 Å². The van der Waals surface area contributed by atoms with Crippen LogP contribution in [0.25, 0.3) is 0 Å². The minimum atomic E-state index is -4.51. The van der Waals surface area contributed by atoms with Gasteiger partial charge >= 0.3 is 12.2 Å². The van der Waals surface area contributed by atoms with Gasteiger partial charge in [0, 0.05) is 25.0 Å². The number of amides is 2. The molecule has 0 atom stereocenters. The summed E-state index contributed by atoms with van der Waals surface area (Å²) in [5.74, 6) is -0.293. The molecule has 0 saturated carbocycles. The number of aromatic nitrogens is 1. The van der Waals surface area contributed by atoms with E-state index >= 15 is 0 Å². The van der Waals surface area contributed by atoms with E-state index in [1.165, 1.54) is 18.3 Å². The minimum absolute atomic E-state index is 0.0613. The van der Waals surface area contributed by atoms with Crippen molar-refractivity contribution in [2.45, 2.75) is 6.18 Å². The molecular formula is C16H14F3N5O. The average molecular weight is 349 g/mol. The van der Waals surface area contributed by atoms with E-state index in [-0.39, 0.29) is 18.9 Å². The lowest BCUT2D eigenvalue weighted by atomic mass is 10.2. The zero-order chi connectivity index (χ0) is 18.3. The fourth-order valence-electron chi connectivity index (χ4n) is 1.97. The van der Waals surface area contributed by atoms with Crippen molar-refractivity contribution in [3.63, 3.8) is 0 Å². The highest BCUT2D eigenvalue weighted by Crippen LogP contribution is 2.33. The van der Waals surface area contributed by atoms with Crippen LogP contribution in [0.15, 0.2) is 42.6 Å². The molecule has 0 unspecified atom stereocenters. The van der Waals surface area contributed by atoms with Gasteiger partial charge in [0.15, 0.2) is 0 Å². The van der Waals surface area contributed by atoms with E-state index in [1.807, 2.05) is 6.07 Å². The number of urea groups is 1. The molecule has 6 nitrogen and oxygen atoms in total. The van der Waals surface area contributed by atoms with Crippen molar-refractivity contribution in [2.75, 3.05) is 23.7 Å². The SMILES string of the molecule is N#Cc1cccc(NC(=O)NCCNc2ncccc2C(F)(F)F)c1. The first-order valence-corrected chi connectivity index (χ1v) is 7.21. The molecule has 1 aromatic carbocycles. The third kappa shape index (κ3) is 5.39. The number of nitrogens with one attached hydrogen (secondary N) is 3. The summed E-state index contributed by atoms with van der Waals surface area (Å²) in [6.07, 6.45) is -3.26. The number of alkyl halides is 3. The molecule has 0 radical (unpaired) electrons. The van der Waals surface area contributed by atoms with Gasteiger partial charge < -0.3 is 16.0 Å². The van der Waals surface area contributed by atoms with Crippen molar-refractivity contribution < 1.29 is 18.0 Å². The van der Waals surface area contributed by atoms with E-state index in [0.29, 0.717) is 11.3 Å². The van der Waals surface area contributed by atoms with Crippen molar-refractivity contribution in [2.24, 2.45) is 0 Å². The number of anilines is 2. The molecule has 1 aromatic heterocycles. The Kier molecular flexibility index (Phi) is 5.79. The number of benzene rings is 1. The Morgan fingerprint density at radius 2 is 2.00 bits per heavy atom. The standard InChI is InChI=1S/C16H14F3N5O/c17-16(18,19)13-5-2-6-21-14(13)22-7-8-23-15(25)24-12-4-1-3-11(9-12)10-20/h1-6,9H,7-8H2,(H,21,22)(H2,23,24,25). The maximum Gasteiger partial charge on any atom is 0.419 e. The van der Waals surface area contributed by atoms with Gasteiger partial charge in [-0.1, -0.05) is 6.07 Å². The van der Waals surface area contributed by atoms with Crippen molar-refractivity contribution in [3.05, 3.63) is 53.7 Å². The molecule has 0 aliphatic carbocycles. The zero-order valence-electron chi connectivity index (χ0n) is 12.9. The Hall–Kier alpha value is -3.28. The van der Waals surface area contributed by atoms with Gasteiger partial charge in [0.25, 0.3) is 0 Å². The summed E-state index contributed by atoms with van der Waals surface area (Å²) in [6.45, 7) is 0.142. The number of hydrogen-bond donors (Lipinski definition) is 3. The van der Waals surface area contributed by atoms with Crippen molar-refractivity contribution in [3.8, 4) is 6.07 Å². The van der Waals surface area contributed by atoms with E-state index in [9.17, 15) is 18.0 Å². The largest absolute Gasteiger partial charge is 0.419 e. The van der Waals surface area contributed by atoms with Gasteiger partial charge in [-0.2, -0.15) is 18.4 Å². The summed E-state index contributed by atoms with van der Waals surface area (Å²) in [6, 6.07) is 9.88. The number of nitrogens with zero attached hydrogens (tertiary/aromatic N) is 2. The predicted octanol–water partition coefficient (Wildman–Crippen LogP) is 3.21. The molecule has 0 aliphatic rings. The van der Waals surface area contributed by atoms with Gasteiger partial charge in [-0.3, -0.25) is 0 Å². The number of carbonyl (C=O) groups is 1. The first-order chi connectivity index (χ1) is 11.9. The number of hydrogen-bond acceptors (Lipinski definition) is 4. The van der Waals surface area contributed by atoms with Crippen LogP contribution in [0.1, 0.15) is 11.1 Å². The molecule has 3 N–H and O–H groups in total. The molecule has 2 rings (SSSR count). The highest BCUT2D eigenvalue weighted by atomic mass is 19.4. The second-order valence-electron chi connectivity index (χ2n) is 4.90. The van der Waals surface area contributed by atoms with Crippen molar-refractivity contribution >= 4 is 17.5 Å². The van der Waals surface area contributed by atoms with Gasteiger partial charge in [-0.25, -0.2) is 9.78 Å². The van der Waals surface area contributed by atoms with Crippen molar-refractivity contribution in [1.29, 1.82) is 5.26 Å². The maximum atomic E-state index is 12.8. The van der Waals surface area contributed by atoms with Crippen LogP contribution in [-0.4, -0.2) is 24.1 Å². The van der Waals surface area contributed by atoms with Gasteiger partial charge in [0.2, 0.25) is 0 Å². The summed E-state index contributed by atoms with van der Waals surface area (Å²) in [4.78, 5) is 15.4. The van der Waals surface area contributed by atoms with Crippen LogP contribution in [0.4, 0.5) is 29.5 Å². The highest BCUT2D eigenvalue weighted by molar-refractivity contribution is 5.89. The lowest BCUT2D eigenvalue weighted by Gasteiger charge is -2.13. The zero-order valence-corrected chi connectivity index (χ0v) is 12.9. The van der Waals surface area contributed by atoms with E-state index < -0.39 is 17.8 Å².